The van der Waals surface area contributed by atoms with Gasteiger partial charge in [0.2, 0.25) is 0 Å². The Bertz CT molecular complexity index is 1070. The number of benzene rings is 2. The van der Waals surface area contributed by atoms with Crippen LogP contribution >= 0.6 is 15.9 Å². The first kappa shape index (κ1) is 23.7. The van der Waals surface area contributed by atoms with Crippen LogP contribution in [0.5, 0.6) is 5.75 Å². The number of halogens is 1. The highest BCUT2D eigenvalue weighted by molar-refractivity contribution is 9.10. The van der Waals surface area contributed by atoms with Gasteiger partial charge in [-0.2, -0.15) is 0 Å². The second-order valence-corrected chi connectivity index (χ2v) is 9.28. The second kappa shape index (κ2) is 10.5. The lowest BCUT2D eigenvalue weighted by Gasteiger charge is -2.24. The lowest BCUT2D eigenvalue weighted by atomic mass is 10.1. The summed E-state index contributed by atoms with van der Waals surface area (Å²) in [5, 5.41) is 9.04. The summed E-state index contributed by atoms with van der Waals surface area (Å²) in [4.78, 5) is 12.1. The first-order valence-electron chi connectivity index (χ1n) is 9.14. The highest BCUT2D eigenvalue weighted by Gasteiger charge is 2.27. The van der Waals surface area contributed by atoms with E-state index in [4.69, 9.17) is 9.94 Å². The molecule has 0 spiro atoms. The van der Waals surface area contributed by atoms with Crippen molar-refractivity contribution in [1.82, 2.24) is 5.48 Å². The van der Waals surface area contributed by atoms with Crippen molar-refractivity contribution in [3.63, 3.8) is 0 Å². The third-order valence-corrected chi connectivity index (χ3v) is 6.45. The zero-order valence-corrected chi connectivity index (χ0v) is 19.3. The molecule has 2 aromatic carbocycles. The zero-order chi connectivity index (χ0) is 22.3. The van der Waals surface area contributed by atoms with Crippen LogP contribution in [0.25, 0.3) is 0 Å². The fourth-order valence-corrected chi connectivity index (χ4v) is 4.61. The van der Waals surface area contributed by atoms with Gasteiger partial charge in [0.05, 0.1) is 16.1 Å². The van der Waals surface area contributed by atoms with E-state index in [1.54, 1.807) is 30.6 Å². The van der Waals surface area contributed by atoms with Crippen LogP contribution in [0.4, 0.5) is 5.69 Å². The Labute approximate surface area is 185 Å². The predicted molar refractivity (Wildman–Crippen MR) is 118 cm³/mol. The van der Waals surface area contributed by atoms with Gasteiger partial charge in [-0.25, -0.2) is 13.9 Å². The fourth-order valence-electron chi connectivity index (χ4n) is 2.76. The monoisotopic (exact) mass is 494 g/mol. The number of nitrogens with one attached hydrogen (secondary N) is 1. The van der Waals surface area contributed by atoms with E-state index >= 15 is 0 Å². The van der Waals surface area contributed by atoms with Crippen LogP contribution in [0.15, 0.2) is 45.8 Å². The maximum absolute atomic E-state index is 13.1. The Kier molecular flexibility index (Phi) is 8.29. The van der Waals surface area contributed by atoms with Crippen LogP contribution in [0.2, 0.25) is 0 Å². The van der Waals surface area contributed by atoms with Crippen molar-refractivity contribution in [3.8, 4) is 17.6 Å². The summed E-state index contributed by atoms with van der Waals surface area (Å²) < 4.78 is 33.4. The number of sulfonamides is 1. The van der Waals surface area contributed by atoms with Gasteiger partial charge in [0, 0.05) is 17.9 Å². The van der Waals surface area contributed by atoms with Crippen LogP contribution in [-0.2, 0) is 10.0 Å². The molecule has 1 amide bonds. The number of carbonyl (C=O) groups is 1. The molecule has 0 aliphatic carbocycles. The van der Waals surface area contributed by atoms with Crippen LogP contribution < -0.4 is 14.5 Å². The Morgan fingerprint density at radius 3 is 2.50 bits per heavy atom. The molecule has 0 bridgehead atoms. The Hall–Kier alpha value is -2.54. The molecule has 30 heavy (non-hydrogen) atoms. The smallest absolute Gasteiger partial charge is 0.276 e. The average Bonchev–Trinajstić information content (AvgIpc) is 2.72. The van der Waals surface area contributed by atoms with Crippen molar-refractivity contribution in [3.05, 3.63) is 52.0 Å². The van der Waals surface area contributed by atoms with Crippen molar-refractivity contribution < 1.29 is 23.2 Å². The minimum absolute atomic E-state index is 0.0149. The molecule has 0 radical (unpaired) electrons. The number of hydrogen-bond donors (Lipinski definition) is 2. The van der Waals surface area contributed by atoms with Gasteiger partial charge in [-0.3, -0.25) is 14.3 Å². The number of aryl methyl sites for hydroxylation is 1. The molecule has 0 unspecified atom stereocenters. The minimum Gasteiger partial charge on any atom is -0.481 e. The third-order valence-electron chi connectivity index (χ3n) is 4.22. The first-order valence-corrected chi connectivity index (χ1v) is 11.4. The molecule has 160 valence electrons. The summed E-state index contributed by atoms with van der Waals surface area (Å²) in [5.41, 5.74) is 2.27. The molecular weight excluding hydrogens is 472 g/mol. The normalized spacial score (nSPS) is 10.7. The number of anilines is 1. The highest BCUT2D eigenvalue weighted by Crippen LogP contribution is 2.32. The summed E-state index contributed by atoms with van der Waals surface area (Å²) in [6, 6.07) is 9.10. The van der Waals surface area contributed by atoms with E-state index in [2.05, 4.69) is 27.8 Å². The summed E-state index contributed by atoms with van der Waals surface area (Å²) in [6.07, 6.45) is 1.78. The van der Waals surface area contributed by atoms with Crippen LogP contribution in [-0.4, -0.2) is 33.2 Å². The standard InChI is InChI=1S/C21H23BrN2O5S/c1-4-5-6-7-12-29-17-8-10-18(11-9-17)30(27,28)24(3)20-15(2)13-16(22)14-19(20)21(25)23-26/h8-11,13-14,26H,4-5,12H2,1-3H3,(H,23,25). The van der Waals surface area contributed by atoms with Gasteiger partial charge in [-0.15, -0.1) is 0 Å². The van der Waals surface area contributed by atoms with Crippen LogP contribution in [0.3, 0.4) is 0 Å². The first-order chi connectivity index (χ1) is 14.2. The van der Waals surface area contributed by atoms with E-state index in [0.29, 0.717) is 15.8 Å². The van der Waals surface area contributed by atoms with E-state index in [9.17, 15) is 13.2 Å². The number of unbranched alkanes of at least 4 members (excludes halogenated alkanes) is 1. The van der Waals surface area contributed by atoms with Crippen molar-refractivity contribution in [2.24, 2.45) is 0 Å². The number of amides is 1. The largest absolute Gasteiger partial charge is 0.481 e. The summed E-state index contributed by atoms with van der Waals surface area (Å²) in [7, 11) is -2.61. The van der Waals surface area contributed by atoms with E-state index < -0.39 is 15.9 Å². The molecule has 0 saturated heterocycles. The number of hydrogen-bond acceptors (Lipinski definition) is 5. The van der Waals surface area contributed by atoms with Crippen LogP contribution in [0.1, 0.15) is 35.7 Å². The molecule has 7 nitrogen and oxygen atoms in total. The summed E-state index contributed by atoms with van der Waals surface area (Å²) in [6.45, 7) is 3.95. The quantitative estimate of drug-likeness (QED) is 0.345. The molecule has 0 aliphatic rings. The van der Waals surface area contributed by atoms with E-state index in [0.717, 1.165) is 17.1 Å². The van der Waals surface area contributed by atoms with Gasteiger partial charge in [-0.05, 0) is 55.3 Å². The van der Waals surface area contributed by atoms with Crippen molar-refractivity contribution in [1.29, 1.82) is 0 Å². The van der Waals surface area contributed by atoms with Crippen molar-refractivity contribution in [2.45, 2.75) is 31.6 Å². The van der Waals surface area contributed by atoms with E-state index in [-0.39, 0.29) is 22.8 Å². The molecule has 0 atom stereocenters. The third kappa shape index (κ3) is 5.53. The average molecular weight is 495 g/mol. The van der Waals surface area contributed by atoms with Gasteiger partial charge in [0.15, 0.2) is 0 Å². The Morgan fingerprint density at radius 1 is 1.23 bits per heavy atom. The highest BCUT2D eigenvalue weighted by atomic mass is 79.9. The lowest BCUT2D eigenvalue weighted by Crippen LogP contribution is -2.30. The number of ether oxygens (including phenoxy) is 1. The maximum Gasteiger partial charge on any atom is 0.276 e. The van der Waals surface area contributed by atoms with Gasteiger partial charge in [0.1, 0.15) is 12.4 Å². The van der Waals surface area contributed by atoms with Gasteiger partial charge in [-0.1, -0.05) is 34.7 Å². The predicted octanol–water partition coefficient (Wildman–Crippen LogP) is 3.88. The number of hydroxylamine groups is 1. The maximum atomic E-state index is 13.1. The van der Waals surface area contributed by atoms with E-state index in [1.165, 1.54) is 25.2 Å². The molecule has 2 rings (SSSR count). The molecule has 2 aromatic rings. The molecule has 0 saturated carbocycles. The van der Waals surface area contributed by atoms with Crippen LogP contribution in [0, 0.1) is 18.8 Å². The van der Waals surface area contributed by atoms with Gasteiger partial charge >= 0.3 is 0 Å². The fraction of sp³-hybridized carbons (Fsp3) is 0.286. The minimum atomic E-state index is -3.97. The topological polar surface area (TPSA) is 95.9 Å². The van der Waals surface area contributed by atoms with Crippen molar-refractivity contribution >= 4 is 37.5 Å². The molecule has 0 aromatic heterocycles. The van der Waals surface area contributed by atoms with E-state index in [1.807, 2.05) is 6.92 Å². The second-order valence-electron chi connectivity index (χ2n) is 6.40. The molecule has 9 heteroatoms. The van der Waals surface area contributed by atoms with Gasteiger partial charge < -0.3 is 4.74 Å². The summed E-state index contributed by atoms with van der Waals surface area (Å²) >= 11 is 3.28. The molecular formula is C21H23BrN2O5S. The molecule has 0 aliphatic heterocycles. The number of rotatable bonds is 7. The Morgan fingerprint density at radius 2 is 1.90 bits per heavy atom. The zero-order valence-electron chi connectivity index (χ0n) is 16.9. The molecule has 0 fully saturated rings. The summed E-state index contributed by atoms with van der Waals surface area (Å²) in [5.74, 6) is 5.55. The SMILES string of the molecule is CCCC#CCOc1ccc(S(=O)(=O)N(C)c2c(C)cc(Br)cc2C(=O)NO)cc1. The Balaban J connectivity index is 2.32. The molecule has 0 heterocycles. The lowest BCUT2D eigenvalue weighted by molar-refractivity contribution is 0.0707. The molecule has 2 N–H and O–H groups in total. The number of nitrogens with zero attached hydrogens (tertiary/aromatic N) is 1. The van der Waals surface area contributed by atoms with Gasteiger partial charge in [0.25, 0.3) is 15.9 Å². The number of carbonyl (C=O) groups excluding carboxylic acids is 1. The van der Waals surface area contributed by atoms with Crippen molar-refractivity contribution in [2.75, 3.05) is 18.0 Å².